The zero-order chi connectivity index (χ0) is 10.7. The molecular weight excluding hydrogens is 188 g/mol. The Kier molecular flexibility index (Phi) is 3.79. The summed E-state index contributed by atoms with van der Waals surface area (Å²) in [5.41, 5.74) is 0. The highest BCUT2D eigenvalue weighted by Crippen LogP contribution is 2.33. The van der Waals surface area contributed by atoms with Crippen molar-refractivity contribution >= 4 is 5.78 Å². The summed E-state index contributed by atoms with van der Waals surface area (Å²) in [4.78, 5) is 11.5. The van der Waals surface area contributed by atoms with Crippen LogP contribution in [0.25, 0.3) is 0 Å². The molecule has 0 aromatic heterocycles. The molecule has 0 heterocycles. The maximum Gasteiger partial charge on any atom is 0.164 e. The Labute approximate surface area is 92.1 Å². The van der Waals surface area contributed by atoms with Crippen LogP contribution >= 0.6 is 0 Å². The maximum absolute atomic E-state index is 11.5. The van der Waals surface area contributed by atoms with E-state index < -0.39 is 6.10 Å². The van der Waals surface area contributed by atoms with Crippen molar-refractivity contribution in [2.45, 2.75) is 63.9 Å². The van der Waals surface area contributed by atoms with Gasteiger partial charge in [-0.25, -0.2) is 0 Å². The SMILES string of the molecule is O=C(C(O)CCC1CCCCC1)C1CC1. The third-order valence-corrected chi connectivity index (χ3v) is 3.88. The largest absolute Gasteiger partial charge is 0.385 e. The molecule has 0 saturated heterocycles. The average molecular weight is 210 g/mol. The van der Waals surface area contributed by atoms with Crippen LogP contribution in [0.1, 0.15) is 57.8 Å². The minimum atomic E-state index is -0.653. The van der Waals surface area contributed by atoms with Crippen LogP contribution < -0.4 is 0 Å². The second-order valence-electron chi connectivity index (χ2n) is 5.27. The van der Waals surface area contributed by atoms with E-state index >= 15 is 0 Å². The van der Waals surface area contributed by atoms with Crippen LogP contribution in [0.4, 0.5) is 0 Å². The number of carbonyl (C=O) groups excluding carboxylic acids is 1. The number of aliphatic hydroxyl groups is 1. The normalized spacial score (nSPS) is 25.1. The van der Waals surface area contributed by atoms with Crippen LogP contribution in [0.15, 0.2) is 0 Å². The quantitative estimate of drug-likeness (QED) is 0.757. The van der Waals surface area contributed by atoms with Crippen LogP contribution in [0.5, 0.6) is 0 Å². The lowest BCUT2D eigenvalue weighted by atomic mass is 9.85. The highest BCUT2D eigenvalue weighted by molar-refractivity contribution is 5.87. The smallest absolute Gasteiger partial charge is 0.164 e. The molecule has 2 aliphatic carbocycles. The lowest BCUT2D eigenvalue weighted by Gasteiger charge is -2.22. The number of Topliss-reactive ketones (excluding diaryl/α,β-unsaturated/α-hetero) is 1. The molecule has 1 unspecified atom stereocenters. The van der Waals surface area contributed by atoms with E-state index in [4.69, 9.17) is 0 Å². The number of aliphatic hydroxyl groups excluding tert-OH is 1. The number of hydrogen-bond acceptors (Lipinski definition) is 2. The average Bonchev–Trinajstić information content (AvgIpc) is 3.10. The van der Waals surface area contributed by atoms with Crippen molar-refractivity contribution in [1.82, 2.24) is 0 Å². The van der Waals surface area contributed by atoms with Crippen molar-refractivity contribution in [3.05, 3.63) is 0 Å². The first kappa shape index (κ1) is 11.1. The summed E-state index contributed by atoms with van der Waals surface area (Å²) in [6, 6.07) is 0. The number of rotatable bonds is 5. The van der Waals surface area contributed by atoms with E-state index in [0.29, 0.717) is 6.42 Å². The second-order valence-corrected chi connectivity index (χ2v) is 5.27. The van der Waals surface area contributed by atoms with Crippen molar-refractivity contribution in [2.24, 2.45) is 11.8 Å². The minimum absolute atomic E-state index is 0.116. The van der Waals surface area contributed by atoms with Gasteiger partial charge in [-0.3, -0.25) is 4.79 Å². The van der Waals surface area contributed by atoms with Gasteiger partial charge in [-0.2, -0.15) is 0 Å². The van der Waals surface area contributed by atoms with Crippen LogP contribution in [-0.4, -0.2) is 17.0 Å². The van der Waals surface area contributed by atoms with Gasteiger partial charge in [0, 0.05) is 5.92 Å². The lowest BCUT2D eigenvalue weighted by molar-refractivity contribution is -0.128. The first-order valence-electron chi connectivity index (χ1n) is 6.49. The van der Waals surface area contributed by atoms with Gasteiger partial charge in [0.05, 0.1) is 0 Å². The fourth-order valence-corrected chi connectivity index (χ4v) is 2.65. The fourth-order valence-electron chi connectivity index (χ4n) is 2.65. The highest BCUT2D eigenvalue weighted by Gasteiger charge is 2.33. The molecule has 1 N–H and O–H groups in total. The molecule has 2 aliphatic rings. The van der Waals surface area contributed by atoms with E-state index in [9.17, 15) is 9.90 Å². The van der Waals surface area contributed by atoms with Gasteiger partial charge in [0.1, 0.15) is 6.10 Å². The first-order chi connectivity index (χ1) is 7.27. The molecular formula is C13H22O2. The molecule has 0 spiro atoms. The van der Waals surface area contributed by atoms with Gasteiger partial charge in [-0.05, 0) is 31.6 Å². The van der Waals surface area contributed by atoms with Crippen LogP contribution in [0.3, 0.4) is 0 Å². The molecule has 0 aliphatic heterocycles. The zero-order valence-corrected chi connectivity index (χ0v) is 9.45. The Balaban J connectivity index is 1.65. The Bertz CT molecular complexity index is 215. The van der Waals surface area contributed by atoms with Gasteiger partial charge in [0.2, 0.25) is 0 Å². The molecule has 2 fully saturated rings. The topological polar surface area (TPSA) is 37.3 Å². The minimum Gasteiger partial charge on any atom is -0.385 e. The number of hydrogen-bond donors (Lipinski definition) is 1. The summed E-state index contributed by atoms with van der Waals surface area (Å²) >= 11 is 0. The Morgan fingerprint density at radius 3 is 2.40 bits per heavy atom. The molecule has 0 radical (unpaired) electrons. The maximum atomic E-state index is 11.5. The summed E-state index contributed by atoms with van der Waals surface area (Å²) in [6.45, 7) is 0. The van der Waals surface area contributed by atoms with Crippen molar-refractivity contribution < 1.29 is 9.90 Å². The third kappa shape index (κ3) is 3.30. The summed E-state index contributed by atoms with van der Waals surface area (Å²) in [5.74, 6) is 1.11. The Morgan fingerprint density at radius 1 is 1.13 bits per heavy atom. The fraction of sp³-hybridized carbons (Fsp3) is 0.923. The second kappa shape index (κ2) is 5.11. The molecule has 0 bridgehead atoms. The van der Waals surface area contributed by atoms with E-state index in [2.05, 4.69) is 0 Å². The van der Waals surface area contributed by atoms with E-state index in [1.165, 1.54) is 32.1 Å². The monoisotopic (exact) mass is 210 g/mol. The summed E-state index contributed by atoms with van der Waals surface area (Å²) in [5, 5.41) is 9.71. The molecule has 2 rings (SSSR count). The van der Waals surface area contributed by atoms with E-state index in [1.807, 2.05) is 0 Å². The van der Waals surface area contributed by atoms with Crippen LogP contribution in [-0.2, 0) is 4.79 Å². The lowest BCUT2D eigenvalue weighted by Crippen LogP contribution is -2.23. The van der Waals surface area contributed by atoms with E-state index in [1.54, 1.807) is 0 Å². The van der Waals surface area contributed by atoms with Gasteiger partial charge in [0.15, 0.2) is 5.78 Å². The molecule has 1 atom stereocenters. The summed E-state index contributed by atoms with van der Waals surface area (Å²) in [7, 11) is 0. The van der Waals surface area contributed by atoms with Gasteiger partial charge < -0.3 is 5.11 Å². The van der Waals surface area contributed by atoms with Gasteiger partial charge in [0.25, 0.3) is 0 Å². The highest BCUT2D eigenvalue weighted by atomic mass is 16.3. The molecule has 2 saturated carbocycles. The zero-order valence-electron chi connectivity index (χ0n) is 9.45. The number of carbonyl (C=O) groups is 1. The van der Waals surface area contributed by atoms with Crippen molar-refractivity contribution in [2.75, 3.05) is 0 Å². The predicted octanol–water partition coefficient (Wildman–Crippen LogP) is 2.69. The van der Waals surface area contributed by atoms with Gasteiger partial charge >= 0.3 is 0 Å². The van der Waals surface area contributed by atoms with Crippen LogP contribution in [0, 0.1) is 11.8 Å². The van der Waals surface area contributed by atoms with Gasteiger partial charge in [-0.1, -0.05) is 32.1 Å². The van der Waals surface area contributed by atoms with E-state index in [-0.39, 0.29) is 11.7 Å². The molecule has 2 heteroatoms. The Hall–Kier alpha value is -0.370. The van der Waals surface area contributed by atoms with Gasteiger partial charge in [-0.15, -0.1) is 0 Å². The molecule has 0 aromatic rings. The first-order valence-corrected chi connectivity index (χ1v) is 6.49. The van der Waals surface area contributed by atoms with Crippen molar-refractivity contribution in [1.29, 1.82) is 0 Å². The molecule has 0 aromatic carbocycles. The molecule has 86 valence electrons. The summed E-state index contributed by atoms with van der Waals surface area (Å²) < 4.78 is 0. The number of ketones is 1. The molecule has 0 amide bonds. The third-order valence-electron chi connectivity index (χ3n) is 3.88. The standard InChI is InChI=1S/C13H22O2/c14-12(13(15)11-7-8-11)9-6-10-4-2-1-3-5-10/h10-12,14H,1-9H2. The predicted molar refractivity (Wildman–Crippen MR) is 59.5 cm³/mol. The Morgan fingerprint density at radius 2 is 1.80 bits per heavy atom. The van der Waals surface area contributed by atoms with E-state index in [0.717, 1.165) is 25.2 Å². The molecule has 15 heavy (non-hydrogen) atoms. The van der Waals surface area contributed by atoms with Crippen LogP contribution in [0.2, 0.25) is 0 Å². The summed E-state index contributed by atoms with van der Waals surface area (Å²) in [6.07, 6.45) is 9.82. The van der Waals surface area contributed by atoms with Crippen molar-refractivity contribution in [3.8, 4) is 0 Å². The van der Waals surface area contributed by atoms with Crippen molar-refractivity contribution in [3.63, 3.8) is 0 Å². The molecule has 2 nitrogen and oxygen atoms in total.